The fourth-order valence-corrected chi connectivity index (χ4v) is 2.34. The molecule has 0 radical (unpaired) electrons. The molecule has 0 spiro atoms. The maximum absolute atomic E-state index is 12.6. The number of hydrogen-bond acceptors (Lipinski definition) is 3. The van der Waals surface area contributed by atoms with Gasteiger partial charge in [-0.15, -0.1) is 0 Å². The zero-order valence-electron chi connectivity index (χ0n) is 7.37. The first-order valence-electron chi connectivity index (χ1n) is 3.79. The summed E-state index contributed by atoms with van der Waals surface area (Å²) in [5, 5.41) is 8.00. The highest BCUT2D eigenvalue weighted by molar-refractivity contribution is 7.89. The van der Waals surface area contributed by atoms with Gasteiger partial charge in [0.15, 0.2) is 0 Å². The Morgan fingerprint density at radius 3 is 2.73 bits per heavy atom. The van der Waals surface area contributed by atoms with Crippen molar-refractivity contribution in [1.29, 1.82) is 5.26 Å². The third-order valence-corrected chi connectivity index (χ3v) is 3.41. The Hall–Kier alpha value is -1.16. The van der Waals surface area contributed by atoms with E-state index in [4.69, 9.17) is 16.9 Å². The van der Waals surface area contributed by atoms with Crippen molar-refractivity contribution >= 4 is 21.6 Å². The first-order valence-corrected chi connectivity index (χ1v) is 5.65. The molecule has 1 aromatic carbocycles. The summed E-state index contributed by atoms with van der Waals surface area (Å²) in [7, 11) is -3.84. The lowest BCUT2D eigenvalue weighted by atomic mass is 10.3. The smallest absolute Gasteiger partial charge is 0.207 e. The summed E-state index contributed by atoms with van der Waals surface area (Å²) in [6, 6.07) is 4.53. The first-order chi connectivity index (χ1) is 6.97. The molecule has 0 unspecified atom stereocenters. The third kappa shape index (κ3) is 2.89. The number of hydrogen-bond donors (Lipinski definition) is 1. The Balaban J connectivity index is 3.12. The Bertz CT molecular complexity index is 510. The highest BCUT2D eigenvalue weighted by atomic mass is 35.5. The second-order valence-corrected chi connectivity index (χ2v) is 4.70. The molecule has 0 aliphatic rings. The van der Waals surface area contributed by atoms with Crippen molar-refractivity contribution in [2.75, 3.05) is 6.54 Å². The van der Waals surface area contributed by atoms with Crippen molar-refractivity contribution in [3.8, 4) is 6.07 Å². The van der Waals surface area contributed by atoms with Crippen LogP contribution in [-0.4, -0.2) is 15.0 Å². The molecule has 1 N–H and O–H groups in total. The van der Waals surface area contributed by atoms with E-state index < -0.39 is 15.8 Å². The van der Waals surface area contributed by atoms with E-state index in [1.54, 1.807) is 6.07 Å². The van der Waals surface area contributed by atoms with Crippen LogP contribution < -0.4 is 4.72 Å². The van der Waals surface area contributed by atoms with Gasteiger partial charge in [-0.25, -0.2) is 12.8 Å². The minimum Gasteiger partial charge on any atom is -0.207 e. The van der Waals surface area contributed by atoms with Gasteiger partial charge < -0.3 is 0 Å². The fraction of sp³-hybridized carbons (Fsp3) is 0.125. The van der Waals surface area contributed by atoms with Crippen molar-refractivity contribution in [2.45, 2.75) is 4.90 Å². The summed E-state index contributed by atoms with van der Waals surface area (Å²) in [6.07, 6.45) is 0. The quantitative estimate of drug-likeness (QED) is 0.820. The van der Waals surface area contributed by atoms with Crippen LogP contribution in [0.2, 0.25) is 5.02 Å². The molecule has 0 amide bonds. The molecule has 15 heavy (non-hydrogen) atoms. The SMILES string of the molecule is N#CCNS(=O)(=O)c1ccc(F)cc1Cl. The largest absolute Gasteiger partial charge is 0.242 e. The van der Waals surface area contributed by atoms with E-state index >= 15 is 0 Å². The average molecular weight is 249 g/mol. The fourth-order valence-electron chi connectivity index (χ4n) is 0.898. The van der Waals surface area contributed by atoms with E-state index in [1.807, 2.05) is 4.72 Å². The third-order valence-electron chi connectivity index (χ3n) is 1.52. The topological polar surface area (TPSA) is 70.0 Å². The molecule has 0 saturated heterocycles. The molecule has 0 heterocycles. The molecule has 4 nitrogen and oxygen atoms in total. The first kappa shape index (κ1) is 11.9. The number of sulfonamides is 1. The summed E-state index contributed by atoms with van der Waals surface area (Å²) in [6.45, 7) is -0.365. The molecule has 0 aromatic heterocycles. The highest BCUT2D eigenvalue weighted by Crippen LogP contribution is 2.21. The number of benzene rings is 1. The van der Waals surface area contributed by atoms with Crippen molar-refractivity contribution < 1.29 is 12.8 Å². The van der Waals surface area contributed by atoms with Crippen LogP contribution in [-0.2, 0) is 10.0 Å². The number of halogens is 2. The lowest BCUT2D eigenvalue weighted by molar-refractivity contribution is 0.585. The molecule has 1 aromatic rings. The molecule has 0 atom stereocenters. The van der Waals surface area contributed by atoms with Crippen molar-refractivity contribution in [2.24, 2.45) is 0 Å². The summed E-state index contributed by atoms with van der Waals surface area (Å²) < 4.78 is 37.5. The van der Waals surface area contributed by atoms with Gasteiger partial charge in [-0.2, -0.15) is 9.98 Å². The summed E-state index contributed by atoms with van der Waals surface area (Å²) >= 11 is 5.55. The van der Waals surface area contributed by atoms with Gasteiger partial charge in [-0.1, -0.05) is 11.6 Å². The minimum absolute atomic E-state index is 0.222. The van der Waals surface area contributed by atoms with Crippen LogP contribution in [0.5, 0.6) is 0 Å². The van der Waals surface area contributed by atoms with E-state index in [0.29, 0.717) is 0 Å². The molecule has 1 rings (SSSR count). The van der Waals surface area contributed by atoms with E-state index in [0.717, 1.165) is 18.2 Å². The van der Waals surface area contributed by atoms with Crippen LogP contribution in [0.25, 0.3) is 0 Å². The molecule has 0 bridgehead atoms. The van der Waals surface area contributed by atoms with Gasteiger partial charge in [0.05, 0.1) is 17.6 Å². The second-order valence-electron chi connectivity index (χ2n) is 2.56. The number of nitrogens with one attached hydrogen (secondary N) is 1. The zero-order valence-corrected chi connectivity index (χ0v) is 8.94. The summed E-state index contributed by atoms with van der Waals surface area (Å²) in [4.78, 5) is -0.249. The van der Waals surface area contributed by atoms with E-state index in [-0.39, 0.29) is 16.5 Å². The molecule has 0 saturated carbocycles. The van der Waals surface area contributed by atoms with Crippen LogP contribution in [0.4, 0.5) is 4.39 Å². The average Bonchev–Trinajstić information content (AvgIpc) is 2.14. The molecule has 0 aliphatic carbocycles. The lowest BCUT2D eigenvalue weighted by Crippen LogP contribution is -2.24. The molecular weight excluding hydrogens is 243 g/mol. The standard InChI is InChI=1S/C8H6ClFN2O2S/c9-7-5-6(10)1-2-8(7)15(13,14)12-4-3-11/h1-2,5,12H,4H2. The Morgan fingerprint density at radius 2 is 2.20 bits per heavy atom. The van der Waals surface area contributed by atoms with Gasteiger partial charge in [-0.05, 0) is 18.2 Å². The second kappa shape index (κ2) is 4.57. The molecule has 0 fully saturated rings. The Kier molecular flexibility index (Phi) is 3.63. The van der Waals surface area contributed by atoms with Crippen molar-refractivity contribution in [1.82, 2.24) is 4.72 Å². The van der Waals surface area contributed by atoms with Crippen molar-refractivity contribution in [3.05, 3.63) is 29.0 Å². The van der Waals surface area contributed by atoms with Gasteiger partial charge >= 0.3 is 0 Å². The number of rotatable bonds is 3. The summed E-state index contributed by atoms with van der Waals surface area (Å²) in [5.74, 6) is -0.626. The maximum Gasteiger partial charge on any atom is 0.242 e. The number of nitrogens with zero attached hydrogens (tertiary/aromatic N) is 1. The Morgan fingerprint density at radius 1 is 1.53 bits per heavy atom. The van der Waals surface area contributed by atoms with Crippen LogP contribution in [0.3, 0.4) is 0 Å². The molecular formula is C8H6ClFN2O2S. The molecule has 80 valence electrons. The number of nitriles is 1. The van der Waals surface area contributed by atoms with E-state index in [2.05, 4.69) is 0 Å². The van der Waals surface area contributed by atoms with Crippen LogP contribution in [0, 0.1) is 17.1 Å². The van der Waals surface area contributed by atoms with Gasteiger partial charge in [-0.3, -0.25) is 0 Å². The van der Waals surface area contributed by atoms with Gasteiger partial charge in [0.2, 0.25) is 10.0 Å². The highest BCUT2D eigenvalue weighted by Gasteiger charge is 2.17. The monoisotopic (exact) mass is 248 g/mol. The minimum atomic E-state index is -3.84. The van der Waals surface area contributed by atoms with Gasteiger partial charge in [0.25, 0.3) is 0 Å². The molecule has 7 heteroatoms. The van der Waals surface area contributed by atoms with Crippen molar-refractivity contribution in [3.63, 3.8) is 0 Å². The zero-order chi connectivity index (χ0) is 11.5. The normalized spacial score (nSPS) is 11.0. The maximum atomic E-state index is 12.6. The predicted octanol–water partition coefficient (Wildman–Crippen LogP) is 1.28. The van der Waals surface area contributed by atoms with Gasteiger partial charge in [0, 0.05) is 0 Å². The summed E-state index contributed by atoms with van der Waals surface area (Å²) in [5.41, 5.74) is 0. The lowest BCUT2D eigenvalue weighted by Gasteiger charge is -2.05. The van der Waals surface area contributed by atoms with E-state index in [1.165, 1.54) is 0 Å². The van der Waals surface area contributed by atoms with Crippen LogP contribution >= 0.6 is 11.6 Å². The Labute approximate surface area is 91.3 Å². The predicted molar refractivity (Wildman–Crippen MR) is 52.2 cm³/mol. The van der Waals surface area contributed by atoms with Gasteiger partial charge in [0.1, 0.15) is 10.7 Å². The van der Waals surface area contributed by atoms with Crippen LogP contribution in [0.15, 0.2) is 23.1 Å². The van der Waals surface area contributed by atoms with Crippen LogP contribution in [0.1, 0.15) is 0 Å². The molecule has 0 aliphatic heterocycles. The van der Waals surface area contributed by atoms with E-state index in [9.17, 15) is 12.8 Å².